The van der Waals surface area contributed by atoms with Crippen molar-refractivity contribution in [2.24, 2.45) is 0 Å². The molecule has 1 rings (SSSR count). The summed E-state index contributed by atoms with van der Waals surface area (Å²) in [5.41, 5.74) is 8.02. The molecule has 102 valence electrons. The van der Waals surface area contributed by atoms with Gasteiger partial charge in [0.25, 0.3) is 0 Å². The molecule has 1 heterocycles. The van der Waals surface area contributed by atoms with Crippen LogP contribution in [0, 0.1) is 13.8 Å². The number of nitrogens with one attached hydrogen (secondary N) is 1. The lowest BCUT2D eigenvalue weighted by Gasteiger charge is -2.09. The second-order valence-corrected chi connectivity index (χ2v) is 4.51. The summed E-state index contributed by atoms with van der Waals surface area (Å²) in [5, 5.41) is 6.98. The quantitative estimate of drug-likeness (QED) is 0.729. The molecule has 1 amide bonds. The van der Waals surface area contributed by atoms with Crippen molar-refractivity contribution in [2.75, 3.05) is 18.9 Å². The zero-order chi connectivity index (χ0) is 13.7. The number of hydrogen-bond donors (Lipinski definition) is 2. The van der Waals surface area contributed by atoms with Crippen molar-refractivity contribution in [1.29, 1.82) is 0 Å². The zero-order valence-electron chi connectivity index (χ0n) is 11.5. The van der Waals surface area contributed by atoms with E-state index in [0.29, 0.717) is 18.8 Å². The van der Waals surface area contributed by atoms with Crippen LogP contribution in [0.3, 0.4) is 0 Å². The van der Waals surface area contributed by atoms with Gasteiger partial charge in [-0.05, 0) is 27.7 Å². The number of amides is 1. The molecular formula is C12H22N4O2. The zero-order valence-corrected chi connectivity index (χ0v) is 11.5. The molecule has 0 aromatic carbocycles. The summed E-state index contributed by atoms with van der Waals surface area (Å²) >= 11 is 0. The van der Waals surface area contributed by atoms with Crippen molar-refractivity contribution in [3.63, 3.8) is 0 Å². The Morgan fingerprint density at radius 1 is 1.50 bits per heavy atom. The van der Waals surface area contributed by atoms with Crippen LogP contribution >= 0.6 is 0 Å². The molecule has 0 saturated carbocycles. The van der Waals surface area contributed by atoms with Crippen LogP contribution in [0.25, 0.3) is 0 Å². The van der Waals surface area contributed by atoms with E-state index < -0.39 is 0 Å². The number of rotatable bonds is 6. The Kier molecular flexibility index (Phi) is 5.15. The van der Waals surface area contributed by atoms with Crippen LogP contribution in [0.4, 0.5) is 5.69 Å². The lowest BCUT2D eigenvalue weighted by molar-refractivity contribution is -0.122. The summed E-state index contributed by atoms with van der Waals surface area (Å²) in [6.07, 6.45) is 0.178. The highest BCUT2D eigenvalue weighted by Crippen LogP contribution is 2.14. The Balaban J connectivity index is 2.38. The summed E-state index contributed by atoms with van der Waals surface area (Å²) in [4.78, 5) is 11.7. The summed E-state index contributed by atoms with van der Waals surface area (Å²) < 4.78 is 6.95. The minimum absolute atomic E-state index is 0.0899. The first-order chi connectivity index (χ1) is 8.41. The normalized spacial score (nSPS) is 10.9. The van der Waals surface area contributed by atoms with Crippen molar-refractivity contribution in [3.05, 3.63) is 11.4 Å². The third-order valence-electron chi connectivity index (χ3n) is 2.61. The fourth-order valence-electron chi connectivity index (χ4n) is 1.54. The molecule has 0 spiro atoms. The van der Waals surface area contributed by atoms with Crippen LogP contribution in [0.2, 0.25) is 0 Å². The van der Waals surface area contributed by atoms with Crippen molar-refractivity contribution < 1.29 is 9.53 Å². The SMILES string of the molecule is Cc1nn(CC(=O)NCCOC(C)C)c(C)c1N. The molecule has 0 unspecified atom stereocenters. The van der Waals surface area contributed by atoms with E-state index in [1.165, 1.54) is 0 Å². The number of nitrogens with zero attached hydrogens (tertiary/aromatic N) is 2. The maximum absolute atomic E-state index is 11.7. The number of nitrogens with two attached hydrogens (primary N) is 1. The Hall–Kier alpha value is -1.56. The first kappa shape index (κ1) is 14.5. The molecule has 1 aromatic rings. The molecular weight excluding hydrogens is 232 g/mol. The first-order valence-electron chi connectivity index (χ1n) is 6.09. The van der Waals surface area contributed by atoms with E-state index in [9.17, 15) is 4.79 Å². The number of nitrogen functional groups attached to an aromatic ring is 1. The van der Waals surface area contributed by atoms with E-state index in [4.69, 9.17) is 10.5 Å². The van der Waals surface area contributed by atoms with E-state index in [2.05, 4.69) is 10.4 Å². The van der Waals surface area contributed by atoms with Crippen LogP contribution in [0.1, 0.15) is 25.2 Å². The van der Waals surface area contributed by atoms with Crippen LogP contribution in [0.15, 0.2) is 0 Å². The van der Waals surface area contributed by atoms with Crippen LogP contribution in [-0.4, -0.2) is 34.9 Å². The molecule has 0 bridgehead atoms. The van der Waals surface area contributed by atoms with E-state index in [1.807, 2.05) is 27.7 Å². The Morgan fingerprint density at radius 2 is 2.17 bits per heavy atom. The molecule has 1 aromatic heterocycles. The van der Waals surface area contributed by atoms with Gasteiger partial charge in [-0.1, -0.05) is 0 Å². The van der Waals surface area contributed by atoms with Gasteiger partial charge in [-0.25, -0.2) is 0 Å². The number of carbonyl (C=O) groups excluding carboxylic acids is 1. The summed E-state index contributed by atoms with van der Waals surface area (Å²) in [5.74, 6) is -0.0899. The standard InChI is InChI=1S/C12H22N4O2/c1-8(2)18-6-5-14-11(17)7-16-10(4)12(13)9(3)15-16/h8H,5-7,13H2,1-4H3,(H,14,17). The predicted octanol–water partition coefficient (Wildman–Crippen LogP) is 0.623. The number of aryl methyl sites for hydroxylation is 1. The fraction of sp³-hybridized carbons (Fsp3) is 0.667. The minimum atomic E-state index is -0.0899. The lowest BCUT2D eigenvalue weighted by Crippen LogP contribution is -2.31. The van der Waals surface area contributed by atoms with Gasteiger partial charge in [-0.2, -0.15) is 5.10 Å². The summed E-state index contributed by atoms with van der Waals surface area (Å²) in [7, 11) is 0. The van der Waals surface area contributed by atoms with E-state index in [0.717, 1.165) is 11.4 Å². The average Bonchev–Trinajstić information content (AvgIpc) is 2.52. The molecule has 3 N–H and O–H groups in total. The van der Waals surface area contributed by atoms with Gasteiger partial charge >= 0.3 is 0 Å². The number of anilines is 1. The second kappa shape index (κ2) is 6.39. The smallest absolute Gasteiger partial charge is 0.241 e. The van der Waals surface area contributed by atoms with Gasteiger partial charge in [0.05, 0.1) is 29.8 Å². The van der Waals surface area contributed by atoms with Crippen molar-refractivity contribution >= 4 is 11.6 Å². The molecule has 0 fully saturated rings. The summed E-state index contributed by atoms with van der Waals surface area (Å²) in [6, 6.07) is 0. The number of carbonyl (C=O) groups is 1. The van der Waals surface area contributed by atoms with Gasteiger partial charge in [0, 0.05) is 6.54 Å². The van der Waals surface area contributed by atoms with Crippen molar-refractivity contribution in [2.45, 2.75) is 40.3 Å². The monoisotopic (exact) mass is 254 g/mol. The maximum atomic E-state index is 11.7. The van der Waals surface area contributed by atoms with Gasteiger partial charge in [0.1, 0.15) is 6.54 Å². The number of aromatic nitrogens is 2. The van der Waals surface area contributed by atoms with Gasteiger partial charge in [-0.15, -0.1) is 0 Å². The molecule has 0 atom stereocenters. The number of hydrogen-bond acceptors (Lipinski definition) is 4. The average molecular weight is 254 g/mol. The van der Waals surface area contributed by atoms with Gasteiger partial charge in [0.15, 0.2) is 0 Å². The van der Waals surface area contributed by atoms with Gasteiger partial charge in [-0.3, -0.25) is 9.48 Å². The van der Waals surface area contributed by atoms with Crippen LogP contribution in [0.5, 0.6) is 0 Å². The van der Waals surface area contributed by atoms with Crippen molar-refractivity contribution in [1.82, 2.24) is 15.1 Å². The molecule has 0 radical (unpaired) electrons. The second-order valence-electron chi connectivity index (χ2n) is 4.51. The molecule has 0 aliphatic rings. The highest BCUT2D eigenvalue weighted by molar-refractivity contribution is 5.75. The largest absolute Gasteiger partial charge is 0.396 e. The van der Waals surface area contributed by atoms with E-state index in [1.54, 1.807) is 4.68 Å². The maximum Gasteiger partial charge on any atom is 0.241 e. The Bertz CT molecular complexity index is 412. The lowest BCUT2D eigenvalue weighted by atomic mass is 10.3. The summed E-state index contributed by atoms with van der Waals surface area (Å²) in [6.45, 7) is 8.80. The molecule has 0 aliphatic carbocycles. The molecule has 0 aliphatic heterocycles. The molecule has 0 saturated heterocycles. The Labute approximate surface area is 107 Å². The highest BCUT2D eigenvalue weighted by atomic mass is 16.5. The van der Waals surface area contributed by atoms with Gasteiger partial charge in [0.2, 0.25) is 5.91 Å². The van der Waals surface area contributed by atoms with E-state index in [-0.39, 0.29) is 18.6 Å². The third-order valence-corrected chi connectivity index (χ3v) is 2.61. The van der Waals surface area contributed by atoms with Crippen LogP contribution in [-0.2, 0) is 16.1 Å². The topological polar surface area (TPSA) is 82.2 Å². The predicted molar refractivity (Wildman–Crippen MR) is 70.2 cm³/mol. The first-order valence-corrected chi connectivity index (χ1v) is 6.09. The fourth-order valence-corrected chi connectivity index (χ4v) is 1.54. The highest BCUT2D eigenvalue weighted by Gasteiger charge is 2.10. The molecule has 18 heavy (non-hydrogen) atoms. The van der Waals surface area contributed by atoms with Gasteiger partial charge < -0.3 is 15.8 Å². The number of ether oxygens (including phenoxy) is 1. The Morgan fingerprint density at radius 3 is 2.67 bits per heavy atom. The van der Waals surface area contributed by atoms with Crippen molar-refractivity contribution in [3.8, 4) is 0 Å². The minimum Gasteiger partial charge on any atom is -0.396 e. The van der Waals surface area contributed by atoms with Crippen LogP contribution < -0.4 is 11.1 Å². The molecule has 6 nitrogen and oxygen atoms in total. The third kappa shape index (κ3) is 4.03. The molecule has 6 heteroatoms. The van der Waals surface area contributed by atoms with E-state index >= 15 is 0 Å².